The minimum absolute atomic E-state index is 0.0365. The van der Waals surface area contributed by atoms with E-state index in [4.69, 9.17) is 39.6 Å². The molecule has 0 N–H and O–H groups in total. The van der Waals surface area contributed by atoms with Crippen LogP contribution in [0.25, 0.3) is 17.1 Å². The summed E-state index contributed by atoms with van der Waals surface area (Å²) in [5.41, 5.74) is 0.789. The Morgan fingerprint density at radius 3 is 2.39 bits per heavy atom. The second-order valence-electron chi connectivity index (χ2n) is 8.51. The summed E-state index contributed by atoms with van der Waals surface area (Å²) in [6, 6.07) is 14.3. The van der Waals surface area contributed by atoms with E-state index in [1.54, 1.807) is 12.1 Å². The Balaban J connectivity index is 1.85. The van der Waals surface area contributed by atoms with Crippen LogP contribution in [0.2, 0.25) is 10.0 Å². The maximum atomic E-state index is 14.2. The van der Waals surface area contributed by atoms with E-state index >= 15 is 0 Å². The normalized spacial score (nSPS) is 11.9. The quantitative estimate of drug-likeness (QED) is 0.0816. The van der Waals surface area contributed by atoms with Crippen molar-refractivity contribution in [2.45, 2.75) is 19.6 Å². The molecular formula is C26H20Cl2F4N4O3S2. The zero-order valence-corrected chi connectivity index (χ0v) is 24.2. The molecule has 0 atom stereocenters. The van der Waals surface area contributed by atoms with Gasteiger partial charge < -0.3 is 4.18 Å². The highest BCUT2D eigenvalue weighted by Gasteiger charge is 2.43. The number of hydrogen-bond donors (Lipinski definition) is 0. The monoisotopic (exact) mass is 646 g/mol. The van der Waals surface area contributed by atoms with Crippen LogP contribution in [-0.2, 0) is 10.1 Å². The Morgan fingerprint density at radius 1 is 1.10 bits per heavy atom. The molecule has 2 heterocycles. The minimum Gasteiger partial charge on any atom is -0.382 e. The average molecular weight is 648 g/mol. The van der Waals surface area contributed by atoms with E-state index in [1.165, 1.54) is 66.2 Å². The van der Waals surface area contributed by atoms with Crippen molar-refractivity contribution in [2.75, 3.05) is 17.3 Å². The van der Waals surface area contributed by atoms with Crippen LogP contribution >= 0.6 is 35.4 Å². The molecule has 15 heteroatoms. The molecule has 0 unspecified atom stereocenters. The van der Waals surface area contributed by atoms with Crippen LogP contribution in [0, 0.1) is 6.92 Å². The van der Waals surface area contributed by atoms with Crippen LogP contribution in [0.15, 0.2) is 66.9 Å². The van der Waals surface area contributed by atoms with Gasteiger partial charge in [0, 0.05) is 22.5 Å². The van der Waals surface area contributed by atoms with Crippen LogP contribution in [0.4, 0.5) is 23.4 Å². The molecule has 0 aliphatic heterocycles. The predicted octanol–water partition coefficient (Wildman–Crippen LogP) is 7.32. The number of halogens is 6. The van der Waals surface area contributed by atoms with Crippen molar-refractivity contribution in [3.63, 3.8) is 0 Å². The first kappa shape index (κ1) is 30.7. The zero-order chi connectivity index (χ0) is 29.9. The van der Waals surface area contributed by atoms with Gasteiger partial charge in [-0.15, -0.1) is 13.2 Å². The summed E-state index contributed by atoms with van der Waals surface area (Å²) in [6.45, 7) is 0.717. The van der Waals surface area contributed by atoms with E-state index in [0.29, 0.717) is 16.3 Å². The number of nitrogens with zero attached hydrogens (tertiary/aromatic N) is 4. The molecule has 0 aliphatic rings. The van der Waals surface area contributed by atoms with E-state index in [9.17, 15) is 26.0 Å². The van der Waals surface area contributed by atoms with Gasteiger partial charge in [-0.3, -0.25) is 8.96 Å². The first-order valence-corrected chi connectivity index (χ1v) is 14.5. The molecule has 0 spiro atoms. The highest BCUT2D eigenvalue weighted by Crippen LogP contribution is 2.36. The first-order chi connectivity index (χ1) is 19.3. The molecule has 7 nitrogen and oxygen atoms in total. The zero-order valence-electron chi connectivity index (χ0n) is 21.1. The average Bonchev–Trinajstić information content (AvgIpc) is 3.24. The van der Waals surface area contributed by atoms with Gasteiger partial charge in [0.25, 0.3) is 0 Å². The van der Waals surface area contributed by atoms with Gasteiger partial charge in [-0.1, -0.05) is 41.5 Å². The molecule has 2 aromatic carbocycles. The van der Waals surface area contributed by atoms with Crippen molar-refractivity contribution in [1.82, 2.24) is 14.5 Å². The highest BCUT2D eigenvalue weighted by molar-refractivity contribution is 7.87. The molecule has 0 bridgehead atoms. The lowest BCUT2D eigenvalue weighted by Gasteiger charge is -2.25. The summed E-state index contributed by atoms with van der Waals surface area (Å²) in [7, 11) is -4.02. The smallest absolute Gasteiger partial charge is 0.382 e. The Morgan fingerprint density at radius 2 is 1.80 bits per heavy atom. The summed E-state index contributed by atoms with van der Waals surface area (Å²) in [5, 5.41) is 0.510. The largest absolute Gasteiger partial charge is 0.491 e. The number of imidazole rings is 1. The second-order valence-corrected chi connectivity index (χ2v) is 11.4. The number of rotatable bonds is 9. The Labute approximate surface area is 248 Å². The van der Waals surface area contributed by atoms with E-state index in [2.05, 4.69) is 9.97 Å². The van der Waals surface area contributed by atoms with Gasteiger partial charge in [0.05, 0.1) is 23.1 Å². The maximum absolute atomic E-state index is 14.2. The number of pyridine rings is 1. The van der Waals surface area contributed by atoms with Crippen molar-refractivity contribution in [3.05, 3.63) is 88.3 Å². The van der Waals surface area contributed by atoms with Crippen LogP contribution in [0.5, 0.6) is 5.75 Å². The van der Waals surface area contributed by atoms with Gasteiger partial charge in [-0.05, 0) is 67.9 Å². The summed E-state index contributed by atoms with van der Waals surface area (Å²) in [5.74, 6) is -0.835. The topological polar surface area (TPSA) is 77.3 Å². The lowest BCUT2D eigenvalue weighted by molar-refractivity contribution is -0.118. The molecule has 41 heavy (non-hydrogen) atoms. The minimum atomic E-state index is -4.92. The standard InChI is InChI=1S/C26H20Cl2F4N4O3S2/c1-16-23(25(40)36(26(30,31)32)22-5-2-3-13-33-22)34-24(20-11-6-17(27)15-21(20)28)35(16)18-7-9-19(10-8-18)39-41(37,38)14-4-12-29/h2-3,5-11,13,15H,4,12,14H2,1H3. The lowest BCUT2D eigenvalue weighted by Crippen LogP contribution is -2.43. The van der Waals surface area contributed by atoms with E-state index < -0.39 is 39.7 Å². The van der Waals surface area contributed by atoms with Crippen LogP contribution in [-0.4, -0.2) is 46.7 Å². The molecule has 0 aliphatic carbocycles. The fraction of sp³-hybridized carbons (Fsp3) is 0.192. The van der Waals surface area contributed by atoms with Gasteiger partial charge in [0.2, 0.25) is 0 Å². The van der Waals surface area contributed by atoms with Crippen molar-refractivity contribution < 1.29 is 30.2 Å². The van der Waals surface area contributed by atoms with Crippen LogP contribution in [0.3, 0.4) is 0 Å². The van der Waals surface area contributed by atoms with Crippen molar-refractivity contribution in [1.29, 1.82) is 0 Å². The molecule has 0 saturated heterocycles. The van der Waals surface area contributed by atoms with Crippen molar-refractivity contribution >= 4 is 56.3 Å². The van der Waals surface area contributed by atoms with Crippen molar-refractivity contribution in [2.24, 2.45) is 0 Å². The van der Waals surface area contributed by atoms with Gasteiger partial charge in [-0.25, -0.2) is 14.9 Å². The van der Waals surface area contributed by atoms with Crippen LogP contribution in [0.1, 0.15) is 17.8 Å². The molecule has 0 amide bonds. The number of hydrogen-bond acceptors (Lipinski definition) is 6. The van der Waals surface area contributed by atoms with Gasteiger partial charge in [0.15, 0.2) is 0 Å². The predicted molar refractivity (Wildman–Crippen MR) is 153 cm³/mol. The molecule has 4 aromatic rings. The summed E-state index contributed by atoms with van der Waals surface area (Å²) in [6.07, 6.45) is -3.93. The van der Waals surface area contributed by atoms with Gasteiger partial charge in [0.1, 0.15) is 28.1 Å². The molecular weight excluding hydrogens is 627 g/mol. The Bertz CT molecular complexity index is 1670. The molecule has 4 rings (SSSR count). The first-order valence-electron chi connectivity index (χ1n) is 11.8. The third-order valence-electron chi connectivity index (χ3n) is 5.66. The summed E-state index contributed by atoms with van der Waals surface area (Å²) < 4.78 is 85.8. The molecule has 2 aromatic heterocycles. The second kappa shape index (κ2) is 12.3. The molecule has 216 valence electrons. The maximum Gasteiger partial charge on any atom is 0.491 e. The third kappa shape index (κ3) is 6.97. The molecule has 0 fully saturated rings. The van der Waals surface area contributed by atoms with Gasteiger partial charge in [-0.2, -0.15) is 8.42 Å². The lowest BCUT2D eigenvalue weighted by atomic mass is 10.2. The Kier molecular flexibility index (Phi) is 9.22. The fourth-order valence-corrected chi connectivity index (χ4v) is 5.72. The number of anilines is 1. The number of alkyl halides is 4. The highest BCUT2D eigenvalue weighted by atomic mass is 35.5. The number of aromatic nitrogens is 3. The van der Waals surface area contributed by atoms with Crippen LogP contribution < -0.4 is 9.08 Å². The number of thiocarbonyl (C=S) groups is 1. The molecule has 0 radical (unpaired) electrons. The van der Waals surface area contributed by atoms with E-state index in [0.717, 1.165) is 0 Å². The van der Waals surface area contributed by atoms with E-state index in [-0.39, 0.29) is 39.3 Å². The van der Waals surface area contributed by atoms with Crippen molar-refractivity contribution in [3.8, 4) is 22.8 Å². The Hall–Kier alpha value is -3.26. The van der Waals surface area contributed by atoms with Gasteiger partial charge >= 0.3 is 16.4 Å². The fourth-order valence-electron chi connectivity index (χ4n) is 3.88. The molecule has 0 saturated carbocycles. The third-order valence-corrected chi connectivity index (χ3v) is 7.82. The van der Waals surface area contributed by atoms with E-state index in [1.807, 2.05) is 0 Å². The SMILES string of the molecule is Cc1c(C(=S)N(c2ccccn2)C(F)(F)F)nc(-c2ccc(Cl)cc2Cl)n1-c1ccc(OS(=O)(=O)CCCF)cc1. The summed E-state index contributed by atoms with van der Waals surface area (Å²) >= 11 is 17.8. The summed E-state index contributed by atoms with van der Waals surface area (Å²) in [4.78, 5) is 7.60. The number of benzene rings is 2.